The summed E-state index contributed by atoms with van der Waals surface area (Å²) in [5, 5.41) is 2.29. The average Bonchev–Trinajstić information content (AvgIpc) is 2.61. The first-order valence-corrected chi connectivity index (χ1v) is 8.81. The summed E-state index contributed by atoms with van der Waals surface area (Å²) >= 11 is 0. The second-order valence-corrected chi connectivity index (χ2v) is 6.03. The molecule has 1 atom stereocenters. The first-order chi connectivity index (χ1) is 12.1. The molecule has 4 amide bonds. The third-order valence-corrected chi connectivity index (χ3v) is 4.24. The van der Waals surface area contributed by atoms with Gasteiger partial charge in [-0.1, -0.05) is 50.6 Å². The molecule has 1 aliphatic rings. The van der Waals surface area contributed by atoms with Crippen LogP contribution in [0.5, 0.6) is 0 Å². The van der Waals surface area contributed by atoms with E-state index >= 15 is 0 Å². The molecule has 1 aromatic rings. The number of unbranched alkanes of at least 4 members (excludes halogenated alkanes) is 1. The van der Waals surface area contributed by atoms with Gasteiger partial charge in [0.1, 0.15) is 0 Å². The molecule has 1 aliphatic heterocycles. The quantitative estimate of drug-likeness (QED) is 0.582. The van der Waals surface area contributed by atoms with Crippen LogP contribution in [-0.4, -0.2) is 41.5 Å². The van der Waals surface area contributed by atoms with Gasteiger partial charge in [0.05, 0.1) is 0 Å². The summed E-state index contributed by atoms with van der Waals surface area (Å²) < 4.78 is 0. The normalized spacial score (nSPS) is 18.5. The Morgan fingerprint density at radius 3 is 2.52 bits per heavy atom. The van der Waals surface area contributed by atoms with E-state index < -0.39 is 23.8 Å². The van der Waals surface area contributed by atoms with E-state index in [4.69, 9.17) is 0 Å². The number of hydrogen-bond acceptors (Lipinski definition) is 4. The van der Waals surface area contributed by atoms with Crippen molar-refractivity contribution in [3.8, 4) is 0 Å². The first-order valence-electron chi connectivity index (χ1n) is 8.81. The molecule has 25 heavy (non-hydrogen) atoms. The van der Waals surface area contributed by atoms with Crippen molar-refractivity contribution in [1.82, 2.24) is 10.2 Å². The highest BCUT2D eigenvalue weighted by Crippen LogP contribution is 2.16. The molecule has 0 saturated carbocycles. The highest BCUT2D eigenvalue weighted by atomic mass is 16.2. The Labute approximate surface area is 148 Å². The van der Waals surface area contributed by atoms with Gasteiger partial charge in [-0.25, -0.2) is 4.79 Å². The highest BCUT2D eigenvalue weighted by molar-refractivity contribution is 6.27. The number of nitrogens with zero attached hydrogens (tertiary/aromatic N) is 2. The summed E-state index contributed by atoms with van der Waals surface area (Å²) in [7, 11) is 0. The van der Waals surface area contributed by atoms with E-state index in [2.05, 4.69) is 10.3 Å². The molecule has 0 aliphatic carbocycles. The summed E-state index contributed by atoms with van der Waals surface area (Å²) in [6.45, 7) is 4.69. The fourth-order valence-electron chi connectivity index (χ4n) is 2.82. The number of aliphatic imine (C=N–C) groups is 1. The van der Waals surface area contributed by atoms with Crippen molar-refractivity contribution >= 4 is 23.6 Å². The molecule has 1 aromatic carbocycles. The molecule has 0 aromatic heterocycles. The lowest BCUT2D eigenvalue weighted by atomic mass is 9.96. The molecule has 0 bridgehead atoms. The number of benzene rings is 1. The topological polar surface area (TPSA) is 78.8 Å². The molecular formula is C19H25N3O3. The van der Waals surface area contributed by atoms with Gasteiger partial charge < -0.3 is 0 Å². The number of carbonyl (C=O) groups excluding carboxylic acids is 3. The zero-order valence-electron chi connectivity index (χ0n) is 14.8. The number of amides is 4. The van der Waals surface area contributed by atoms with E-state index in [1.54, 1.807) is 0 Å². The lowest BCUT2D eigenvalue weighted by molar-refractivity contribution is -0.139. The van der Waals surface area contributed by atoms with Crippen molar-refractivity contribution in [2.45, 2.75) is 39.5 Å². The first kappa shape index (κ1) is 18.8. The Balaban J connectivity index is 2.10. The van der Waals surface area contributed by atoms with Gasteiger partial charge in [0.25, 0.3) is 0 Å². The van der Waals surface area contributed by atoms with Crippen LogP contribution in [0.15, 0.2) is 35.3 Å². The van der Waals surface area contributed by atoms with Gasteiger partial charge in [-0.05, 0) is 24.8 Å². The lowest BCUT2D eigenvalue weighted by Gasteiger charge is -2.30. The smallest absolute Gasteiger partial charge is 0.292 e. The van der Waals surface area contributed by atoms with Crippen LogP contribution in [0.25, 0.3) is 0 Å². The van der Waals surface area contributed by atoms with Gasteiger partial charge >= 0.3 is 6.03 Å². The van der Waals surface area contributed by atoms with Crippen molar-refractivity contribution in [3.63, 3.8) is 0 Å². The van der Waals surface area contributed by atoms with Crippen molar-refractivity contribution in [1.29, 1.82) is 0 Å². The number of barbiturate groups is 1. The maximum absolute atomic E-state index is 12.6. The van der Waals surface area contributed by atoms with Crippen LogP contribution in [0.4, 0.5) is 4.79 Å². The minimum absolute atomic E-state index is 0.325. The van der Waals surface area contributed by atoms with E-state index in [-0.39, 0.29) is 0 Å². The van der Waals surface area contributed by atoms with Gasteiger partial charge in [-0.15, -0.1) is 0 Å². The number of hydrogen-bond donors (Lipinski definition) is 1. The molecule has 6 nitrogen and oxygen atoms in total. The SMILES string of the molecule is CCCCN1C(=O)NC(=O)[C@H](C(CC)=NCCc2ccccc2)C1=O. The molecule has 1 N–H and O–H groups in total. The minimum atomic E-state index is -0.990. The predicted molar refractivity (Wildman–Crippen MR) is 96.4 cm³/mol. The fraction of sp³-hybridized carbons (Fsp3) is 0.474. The van der Waals surface area contributed by atoms with Crippen molar-refractivity contribution in [2.75, 3.05) is 13.1 Å². The molecular weight excluding hydrogens is 318 g/mol. The zero-order valence-corrected chi connectivity index (χ0v) is 14.8. The van der Waals surface area contributed by atoms with Gasteiger partial charge in [0.15, 0.2) is 5.92 Å². The number of carbonyl (C=O) groups is 3. The molecule has 0 unspecified atom stereocenters. The van der Waals surface area contributed by atoms with Gasteiger partial charge in [0, 0.05) is 18.8 Å². The molecule has 0 spiro atoms. The Morgan fingerprint density at radius 1 is 1.16 bits per heavy atom. The molecule has 1 fully saturated rings. The number of imide groups is 2. The third kappa shape index (κ3) is 4.75. The van der Waals surface area contributed by atoms with Crippen LogP contribution in [-0.2, 0) is 16.0 Å². The molecule has 1 heterocycles. The standard InChI is InChI=1S/C19H25N3O3/c1-3-5-13-22-18(24)16(17(23)21-19(22)25)15(4-2)20-12-11-14-9-7-6-8-10-14/h6-10,16H,3-5,11-13H2,1-2H3,(H,21,23,25)/t16-/m0/s1. The maximum Gasteiger partial charge on any atom is 0.330 e. The number of nitrogens with one attached hydrogen (secondary N) is 1. The Hall–Kier alpha value is -2.50. The highest BCUT2D eigenvalue weighted by Gasteiger charge is 2.42. The second kappa shape index (κ2) is 9.11. The largest absolute Gasteiger partial charge is 0.330 e. The van der Waals surface area contributed by atoms with E-state index in [1.807, 2.05) is 44.2 Å². The molecule has 2 rings (SSSR count). The van der Waals surface area contributed by atoms with Crippen LogP contribution >= 0.6 is 0 Å². The summed E-state index contributed by atoms with van der Waals surface area (Å²) in [6, 6.07) is 9.30. The van der Waals surface area contributed by atoms with E-state index in [0.717, 1.165) is 23.3 Å². The monoisotopic (exact) mass is 343 g/mol. The van der Waals surface area contributed by atoms with Crippen molar-refractivity contribution in [3.05, 3.63) is 35.9 Å². The average molecular weight is 343 g/mol. The van der Waals surface area contributed by atoms with Crippen LogP contribution in [0, 0.1) is 5.92 Å². The van der Waals surface area contributed by atoms with Gasteiger partial charge in [0.2, 0.25) is 11.8 Å². The minimum Gasteiger partial charge on any atom is -0.292 e. The summed E-state index contributed by atoms with van der Waals surface area (Å²) in [5.41, 5.74) is 1.69. The van der Waals surface area contributed by atoms with Crippen molar-refractivity contribution in [2.24, 2.45) is 10.9 Å². The Morgan fingerprint density at radius 2 is 1.88 bits per heavy atom. The van der Waals surface area contributed by atoms with Crippen LogP contribution in [0.2, 0.25) is 0 Å². The molecule has 6 heteroatoms. The molecule has 1 saturated heterocycles. The third-order valence-electron chi connectivity index (χ3n) is 4.24. The summed E-state index contributed by atoms with van der Waals surface area (Å²) in [4.78, 5) is 42.4. The predicted octanol–water partition coefficient (Wildman–Crippen LogP) is 2.57. The number of rotatable bonds is 8. The van der Waals surface area contributed by atoms with Crippen LogP contribution < -0.4 is 5.32 Å². The summed E-state index contributed by atoms with van der Waals surface area (Å²) in [6.07, 6.45) is 2.81. The number of urea groups is 1. The van der Waals surface area contributed by atoms with E-state index in [1.165, 1.54) is 0 Å². The molecule has 0 radical (unpaired) electrons. The van der Waals surface area contributed by atoms with Crippen LogP contribution in [0.1, 0.15) is 38.7 Å². The second-order valence-electron chi connectivity index (χ2n) is 6.03. The van der Waals surface area contributed by atoms with Crippen LogP contribution in [0.3, 0.4) is 0 Å². The van der Waals surface area contributed by atoms with Gasteiger partial charge in [-0.3, -0.25) is 24.8 Å². The van der Waals surface area contributed by atoms with E-state index in [9.17, 15) is 14.4 Å². The van der Waals surface area contributed by atoms with Gasteiger partial charge in [-0.2, -0.15) is 0 Å². The zero-order chi connectivity index (χ0) is 18.2. The van der Waals surface area contributed by atoms with Crippen molar-refractivity contribution < 1.29 is 14.4 Å². The lowest BCUT2D eigenvalue weighted by Crippen LogP contribution is -2.60. The Kier molecular flexibility index (Phi) is 6.86. The summed E-state index contributed by atoms with van der Waals surface area (Å²) in [5.74, 6) is -2.01. The molecule has 134 valence electrons. The Bertz CT molecular complexity index is 655. The fourth-order valence-corrected chi connectivity index (χ4v) is 2.82. The maximum atomic E-state index is 12.6. The van der Waals surface area contributed by atoms with E-state index in [0.29, 0.717) is 31.6 Å².